The van der Waals surface area contributed by atoms with Gasteiger partial charge in [0.25, 0.3) is 6.71 Å². The molecule has 0 unspecified atom stereocenters. The number of rotatable bonds is 10. The maximum atomic E-state index is 11.7. The summed E-state index contributed by atoms with van der Waals surface area (Å²) < 4.78 is 245. The van der Waals surface area contributed by atoms with E-state index in [1.54, 1.807) is 9.80 Å². The molecule has 0 fully saturated rings. The molecule has 99 heavy (non-hydrogen) atoms. The molecule has 0 atom stereocenters. The van der Waals surface area contributed by atoms with Gasteiger partial charge in [-0.1, -0.05) is 299 Å². The Morgan fingerprint density at radius 3 is 0.970 bits per heavy atom. The molecule has 0 amide bonds. The van der Waals surface area contributed by atoms with Crippen molar-refractivity contribution >= 4 is 101 Å². The molecule has 4 heterocycles. The Balaban J connectivity index is 1.09. The van der Waals surface area contributed by atoms with E-state index < -0.39 is 200 Å². The lowest BCUT2D eigenvalue weighted by atomic mass is 9.33. The Bertz CT molecular complexity index is 6950. The fourth-order valence-corrected chi connectivity index (χ4v) is 14.4. The SMILES string of the molecule is [2H]c1c([2H])c(-n2c3c([2H])c([2H])c([2H])c([2H])c3c3c([2H])c([2H])c([2H])c([2H])c32)c([2H])c2c1B1c3c([2H])c([2H])c(-n4c5c([2H])c([2H])c([2H])c([2H])c5c5c([2H])c([2H])c([2H])c([2H])c54)c([2H])c3N(c3c(-c4ccccc4)cccc3-c3cccc(-c4ccccc4)c3)c3c([2H])c(C(C)(C)C)c([2H])c(c31)N2c1c(-c2ccccc2)cccc1-c1cccc(-c2ccccc2)c1. The van der Waals surface area contributed by atoms with Crippen LogP contribution < -0.4 is 26.2 Å². The van der Waals surface area contributed by atoms with Crippen LogP contribution in [-0.2, 0) is 5.41 Å². The zero-order valence-corrected chi connectivity index (χ0v) is 53.5. The van der Waals surface area contributed by atoms with E-state index >= 15 is 0 Å². The van der Waals surface area contributed by atoms with Crippen LogP contribution >= 0.6 is 0 Å². The molecule has 0 N–H and O–H groups in total. The van der Waals surface area contributed by atoms with Crippen molar-refractivity contribution in [2.75, 3.05) is 9.80 Å². The number of para-hydroxylation sites is 6. The number of nitrogens with zero attached hydrogens (tertiary/aromatic N) is 4. The zero-order valence-electron chi connectivity index (χ0n) is 77.5. The van der Waals surface area contributed by atoms with E-state index in [2.05, 4.69) is 0 Å². The van der Waals surface area contributed by atoms with Gasteiger partial charge in [-0.2, -0.15) is 0 Å². The molecule has 0 saturated carbocycles. The number of anilines is 6. The first-order valence-corrected chi connectivity index (χ1v) is 32.6. The number of hydrogen-bond acceptors (Lipinski definition) is 2. The smallest absolute Gasteiger partial charge is 0.252 e. The fourth-order valence-electron chi connectivity index (χ4n) is 14.4. The Labute approximate surface area is 611 Å². The Morgan fingerprint density at radius 2 is 0.606 bits per heavy atom. The summed E-state index contributed by atoms with van der Waals surface area (Å²) in [5.41, 5.74) is 1.53. The lowest BCUT2D eigenvalue weighted by Gasteiger charge is -2.46. The van der Waals surface area contributed by atoms with E-state index in [1.165, 1.54) is 0 Å². The van der Waals surface area contributed by atoms with E-state index in [9.17, 15) is 27.4 Å². The topological polar surface area (TPSA) is 16.3 Å². The van der Waals surface area contributed by atoms with Crippen molar-refractivity contribution in [1.29, 1.82) is 0 Å². The molecule has 466 valence electrons. The van der Waals surface area contributed by atoms with Gasteiger partial charge in [-0.15, -0.1) is 0 Å². The first-order valence-electron chi connectivity index (χ1n) is 44.6. The molecule has 4 nitrogen and oxygen atoms in total. The fraction of sp³-hybridized carbons (Fsp3) is 0.0426. The van der Waals surface area contributed by atoms with Crippen LogP contribution in [0.3, 0.4) is 0 Å². The van der Waals surface area contributed by atoms with Crippen molar-refractivity contribution in [2.45, 2.75) is 26.2 Å². The van der Waals surface area contributed by atoms with E-state index in [1.807, 2.05) is 227 Å². The monoisotopic (exact) mass is 1290 g/mol. The molecule has 0 aliphatic carbocycles. The van der Waals surface area contributed by atoms with Crippen molar-refractivity contribution in [3.05, 3.63) is 357 Å². The van der Waals surface area contributed by atoms with Crippen molar-refractivity contribution in [1.82, 2.24) is 9.13 Å². The van der Waals surface area contributed by atoms with Crippen molar-refractivity contribution < 1.29 is 32.9 Å². The van der Waals surface area contributed by atoms with Crippen LogP contribution in [0.1, 0.15) is 59.2 Å². The summed E-state index contributed by atoms with van der Waals surface area (Å²) in [5.74, 6) is 0. The molecule has 0 saturated heterocycles. The minimum absolute atomic E-state index is 0.0306. The van der Waals surface area contributed by atoms with Crippen LogP contribution in [0.2, 0.25) is 0 Å². The third kappa shape index (κ3) is 9.44. The van der Waals surface area contributed by atoms with Gasteiger partial charge in [-0.05, 0) is 144 Å². The first kappa shape index (κ1) is 38.3. The third-order valence-electron chi connectivity index (χ3n) is 18.9. The van der Waals surface area contributed by atoms with Crippen molar-refractivity contribution in [3.8, 4) is 78.1 Å². The standard InChI is InChI=1S/C94H67BN4/c1-94(2,3)70-58-89-91-90(59-70)99(93-74(65-34-14-7-15-35-65)45-27-47-76(93)69-39-25-37-67(57-69)63-30-10-5-11-31-63)88-61-72(97-85-50-22-18-42-79(85)80-43-19-23-51-86(80)97)53-55-82(88)95(91)81-54-52-71(96-83-48-20-16-40-77(83)78-41-17-21-49-84(78)96)60-87(81)98(89)92-73(64-32-12-6-13-33-64)44-26-46-75(92)68-38-24-36-66(56-68)62-28-8-4-9-29-62/h4-61H,1-3H3/i16D,17D,18D,19D,20D,21D,22D,23D,40D,41D,42D,43D,48D,49D,50D,51D,52D,53D,54D,55D,58D,59D,60D,61D. The molecule has 2 aliphatic heterocycles. The number of hydrogen-bond donors (Lipinski definition) is 0. The Hall–Kier alpha value is -12.4. The third-order valence-corrected chi connectivity index (χ3v) is 18.9. The van der Waals surface area contributed by atoms with Crippen LogP contribution in [0.4, 0.5) is 34.1 Å². The summed E-state index contributed by atoms with van der Waals surface area (Å²) in [5, 5.41) is -1.62. The molecule has 0 radical (unpaired) electrons. The summed E-state index contributed by atoms with van der Waals surface area (Å²) in [6.45, 7) is 3.55. The zero-order chi connectivity index (χ0) is 86.8. The maximum Gasteiger partial charge on any atom is 0.252 e. The molecule has 2 aliphatic rings. The minimum atomic E-state index is -1.90. The van der Waals surface area contributed by atoms with E-state index in [-0.39, 0.29) is 68.2 Å². The highest BCUT2D eigenvalue weighted by Gasteiger charge is 2.46. The van der Waals surface area contributed by atoms with Gasteiger partial charge in [0.2, 0.25) is 0 Å². The van der Waals surface area contributed by atoms with Gasteiger partial charge >= 0.3 is 0 Å². The summed E-state index contributed by atoms with van der Waals surface area (Å²) in [7, 11) is 0. The molecule has 17 aromatic rings. The highest BCUT2D eigenvalue weighted by atomic mass is 15.2. The van der Waals surface area contributed by atoms with E-state index in [0.717, 1.165) is 31.4 Å². The molecule has 0 bridgehead atoms. The lowest BCUT2D eigenvalue weighted by Crippen LogP contribution is -2.61. The molecular formula is C94H67BN4. The van der Waals surface area contributed by atoms with Gasteiger partial charge in [-0.3, -0.25) is 0 Å². The largest absolute Gasteiger partial charge is 0.310 e. The highest BCUT2D eigenvalue weighted by molar-refractivity contribution is 7.00. The molecule has 2 aromatic heterocycles. The quantitative estimate of drug-likeness (QED) is 0.127. The second kappa shape index (κ2) is 23.2. The summed E-state index contributed by atoms with van der Waals surface area (Å²) in [6, 6.07) is 46.2. The minimum Gasteiger partial charge on any atom is -0.310 e. The van der Waals surface area contributed by atoms with Gasteiger partial charge in [0, 0.05) is 77.9 Å². The summed E-state index contributed by atoms with van der Waals surface area (Å²) >= 11 is 0. The maximum absolute atomic E-state index is 11.7. The van der Waals surface area contributed by atoms with Crippen LogP contribution in [0.5, 0.6) is 0 Å². The average molecular weight is 1290 g/mol. The number of fused-ring (bicyclic) bond motifs is 10. The predicted octanol–water partition coefficient (Wildman–Crippen LogP) is 23.3. The Kier molecular flexibility index (Phi) is 8.97. The summed E-state index contributed by atoms with van der Waals surface area (Å²) in [6.07, 6.45) is 0. The van der Waals surface area contributed by atoms with Gasteiger partial charge in [-0.25, -0.2) is 0 Å². The van der Waals surface area contributed by atoms with Crippen molar-refractivity contribution in [3.63, 3.8) is 0 Å². The Morgan fingerprint density at radius 1 is 0.293 bits per heavy atom. The van der Waals surface area contributed by atoms with Crippen LogP contribution in [-0.4, -0.2) is 15.8 Å². The van der Waals surface area contributed by atoms with E-state index in [4.69, 9.17) is 5.48 Å². The molecular weight excluding hydrogens is 1200 g/mol. The average Bonchev–Trinajstić information content (AvgIpc) is 1.52. The lowest BCUT2D eigenvalue weighted by molar-refractivity contribution is 0.590. The van der Waals surface area contributed by atoms with Crippen LogP contribution in [0.25, 0.3) is 122 Å². The van der Waals surface area contributed by atoms with E-state index in [0.29, 0.717) is 44.5 Å². The van der Waals surface area contributed by atoms with Crippen molar-refractivity contribution in [2.24, 2.45) is 0 Å². The summed E-state index contributed by atoms with van der Waals surface area (Å²) in [4.78, 5) is 3.29. The molecule has 5 heteroatoms. The highest BCUT2D eigenvalue weighted by Crippen LogP contribution is 2.55. The number of aromatic nitrogens is 2. The van der Waals surface area contributed by atoms with Gasteiger partial charge < -0.3 is 18.9 Å². The second-order valence-electron chi connectivity index (χ2n) is 25.7. The normalized spacial score (nSPS) is 15.9. The first-order chi connectivity index (χ1) is 58.8. The van der Waals surface area contributed by atoms with Crippen LogP contribution in [0, 0.1) is 0 Å². The van der Waals surface area contributed by atoms with Gasteiger partial charge in [0.05, 0.1) is 66.3 Å². The molecule has 15 aromatic carbocycles. The predicted molar refractivity (Wildman–Crippen MR) is 420 cm³/mol. The van der Waals surface area contributed by atoms with Gasteiger partial charge in [0.15, 0.2) is 0 Å². The molecule has 19 rings (SSSR count). The van der Waals surface area contributed by atoms with Crippen LogP contribution in [0.15, 0.2) is 351 Å². The number of benzene rings is 15. The van der Waals surface area contributed by atoms with Gasteiger partial charge in [0.1, 0.15) is 0 Å². The second-order valence-corrected chi connectivity index (χ2v) is 25.7. The molecule has 0 spiro atoms.